The fraction of sp³-hybridized carbons (Fsp3) is 0.462. The Hall–Kier alpha value is -1.14. The zero-order valence-corrected chi connectivity index (χ0v) is 11.8. The molecule has 1 atom stereocenters. The normalized spacial score (nSPS) is 14.1. The maximum atomic E-state index is 13.0. The Bertz CT molecular complexity index is 456. The van der Waals surface area contributed by atoms with Crippen LogP contribution in [0.1, 0.15) is 20.3 Å². The van der Waals surface area contributed by atoms with Gasteiger partial charge in [-0.3, -0.25) is 4.79 Å². The van der Waals surface area contributed by atoms with Crippen LogP contribution in [-0.4, -0.2) is 23.7 Å². The third-order valence-corrected chi connectivity index (χ3v) is 3.87. The standard InChI is InChI=1S/C13H18F2N2OS/c1-3-17-13(2,12(16)18)6-7-19-9-4-5-10(14)11(15)8-9/h4-5,8,17H,3,6-7H2,1-2H3,(H2,16,18). The van der Waals surface area contributed by atoms with Gasteiger partial charge in [0.1, 0.15) is 0 Å². The van der Waals surface area contributed by atoms with Crippen LogP contribution < -0.4 is 11.1 Å². The van der Waals surface area contributed by atoms with Gasteiger partial charge in [-0.1, -0.05) is 6.92 Å². The van der Waals surface area contributed by atoms with Gasteiger partial charge < -0.3 is 11.1 Å². The lowest BCUT2D eigenvalue weighted by molar-refractivity contribution is -0.123. The van der Waals surface area contributed by atoms with Crippen molar-refractivity contribution in [2.24, 2.45) is 5.73 Å². The van der Waals surface area contributed by atoms with Gasteiger partial charge in [0.25, 0.3) is 0 Å². The molecule has 0 heterocycles. The van der Waals surface area contributed by atoms with Crippen LogP contribution in [0.2, 0.25) is 0 Å². The molecule has 106 valence electrons. The second kappa shape index (κ2) is 6.86. The Morgan fingerprint density at radius 1 is 1.42 bits per heavy atom. The zero-order chi connectivity index (χ0) is 14.5. The van der Waals surface area contributed by atoms with Crippen molar-refractivity contribution in [2.45, 2.75) is 30.7 Å². The number of hydrogen-bond donors (Lipinski definition) is 2. The summed E-state index contributed by atoms with van der Waals surface area (Å²) in [5.41, 5.74) is 4.58. The van der Waals surface area contributed by atoms with Crippen molar-refractivity contribution in [3.8, 4) is 0 Å². The molecule has 1 amide bonds. The molecule has 0 radical (unpaired) electrons. The van der Waals surface area contributed by atoms with E-state index < -0.39 is 23.1 Å². The second-order valence-corrected chi connectivity index (χ2v) is 5.57. The van der Waals surface area contributed by atoms with Crippen LogP contribution >= 0.6 is 11.8 Å². The Kier molecular flexibility index (Phi) is 5.75. The number of carbonyl (C=O) groups is 1. The minimum Gasteiger partial charge on any atom is -0.368 e. The molecule has 0 bridgehead atoms. The first-order valence-electron chi connectivity index (χ1n) is 6.02. The van der Waals surface area contributed by atoms with Crippen LogP contribution in [0.4, 0.5) is 8.78 Å². The summed E-state index contributed by atoms with van der Waals surface area (Å²) in [6.45, 7) is 4.27. The quantitative estimate of drug-likeness (QED) is 0.757. The first-order valence-corrected chi connectivity index (χ1v) is 7.00. The molecular formula is C13H18F2N2OS. The van der Waals surface area contributed by atoms with Crippen molar-refractivity contribution in [3.05, 3.63) is 29.8 Å². The molecular weight excluding hydrogens is 270 g/mol. The minimum atomic E-state index is -0.866. The lowest BCUT2D eigenvalue weighted by Gasteiger charge is -2.26. The average Bonchev–Trinajstić information content (AvgIpc) is 2.34. The van der Waals surface area contributed by atoms with Crippen molar-refractivity contribution < 1.29 is 13.6 Å². The van der Waals surface area contributed by atoms with Gasteiger partial charge >= 0.3 is 0 Å². The molecule has 1 aromatic rings. The number of amides is 1. The number of likely N-dealkylation sites (N-methyl/N-ethyl adjacent to an activating group) is 1. The van der Waals surface area contributed by atoms with Crippen molar-refractivity contribution in [1.29, 1.82) is 0 Å². The van der Waals surface area contributed by atoms with Crippen LogP contribution in [0.15, 0.2) is 23.1 Å². The summed E-state index contributed by atoms with van der Waals surface area (Å²) in [5, 5.41) is 3.04. The molecule has 3 N–H and O–H groups in total. The summed E-state index contributed by atoms with van der Waals surface area (Å²) < 4.78 is 25.8. The number of carbonyl (C=O) groups excluding carboxylic acids is 1. The fourth-order valence-electron chi connectivity index (χ4n) is 1.63. The van der Waals surface area contributed by atoms with Gasteiger partial charge in [0, 0.05) is 10.6 Å². The number of primary amides is 1. The van der Waals surface area contributed by atoms with E-state index in [1.165, 1.54) is 17.8 Å². The molecule has 0 fully saturated rings. The monoisotopic (exact) mass is 288 g/mol. The van der Waals surface area contributed by atoms with Crippen LogP contribution in [0, 0.1) is 11.6 Å². The van der Waals surface area contributed by atoms with E-state index in [9.17, 15) is 13.6 Å². The van der Waals surface area contributed by atoms with Gasteiger partial charge in [0.2, 0.25) is 5.91 Å². The highest BCUT2D eigenvalue weighted by molar-refractivity contribution is 7.99. The van der Waals surface area contributed by atoms with Gasteiger partial charge in [-0.2, -0.15) is 0 Å². The lowest BCUT2D eigenvalue weighted by Crippen LogP contribution is -2.53. The Morgan fingerprint density at radius 3 is 2.63 bits per heavy atom. The maximum absolute atomic E-state index is 13.0. The number of rotatable bonds is 7. The van der Waals surface area contributed by atoms with Crippen molar-refractivity contribution in [3.63, 3.8) is 0 Å². The Balaban J connectivity index is 2.57. The topological polar surface area (TPSA) is 55.1 Å². The molecule has 19 heavy (non-hydrogen) atoms. The third kappa shape index (κ3) is 4.47. The molecule has 0 saturated carbocycles. The maximum Gasteiger partial charge on any atom is 0.237 e. The average molecular weight is 288 g/mol. The molecule has 3 nitrogen and oxygen atoms in total. The third-order valence-electron chi connectivity index (χ3n) is 2.87. The van der Waals surface area contributed by atoms with Crippen molar-refractivity contribution in [1.82, 2.24) is 5.32 Å². The molecule has 0 saturated heterocycles. The van der Waals surface area contributed by atoms with E-state index in [-0.39, 0.29) is 0 Å². The summed E-state index contributed by atoms with van der Waals surface area (Å²) in [4.78, 5) is 12.0. The molecule has 0 aliphatic carbocycles. The van der Waals surface area contributed by atoms with E-state index in [2.05, 4.69) is 5.32 Å². The van der Waals surface area contributed by atoms with Gasteiger partial charge in [-0.05, 0) is 38.1 Å². The van der Waals surface area contributed by atoms with Gasteiger partial charge in [0.05, 0.1) is 5.54 Å². The highest BCUT2D eigenvalue weighted by Gasteiger charge is 2.29. The van der Waals surface area contributed by atoms with Crippen molar-refractivity contribution in [2.75, 3.05) is 12.3 Å². The molecule has 0 aliphatic rings. The molecule has 0 aromatic heterocycles. The number of hydrogen-bond acceptors (Lipinski definition) is 3. The number of halogens is 2. The van der Waals surface area contributed by atoms with E-state index in [1.54, 1.807) is 6.92 Å². The lowest BCUT2D eigenvalue weighted by atomic mass is 9.98. The first-order chi connectivity index (χ1) is 8.89. The van der Waals surface area contributed by atoms with Gasteiger partial charge in [-0.15, -0.1) is 11.8 Å². The number of thioether (sulfide) groups is 1. The fourth-order valence-corrected chi connectivity index (χ4v) is 2.73. The highest BCUT2D eigenvalue weighted by Crippen LogP contribution is 2.23. The molecule has 1 rings (SSSR count). The summed E-state index contributed by atoms with van der Waals surface area (Å²) >= 11 is 1.36. The molecule has 1 unspecified atom stereocenters. The van der Waals surface area contributed by atoms with E-state index in [0.29, 0.717) is 23.6 Å². The molecule has 0 aliphatic heterocycles. The summed E-state index contributed by atoms with van der Waals surface area (Å²) in [5.74, 6) is -1.56. The second-order valence-electron chi connectivity index (χ2n) is 4.40. The Labute approximate surface area is 115 Å². The zero-order valence-electron chi connectivity index (χ0n) is 11.0. The number of nitrogens with one attached hydrogen (secondary N) is 1. The van der Waals surface area contributed by atoms with Crippen molar-refractivity contribution >= 4 is 17.7 Å². The number of benzene rings is 1. The highest BCUT2D eigenvalue weighted by atomic mass is 32.2. The van der Waals surface area contributed by atoms with Crippen LogP contribution in [-0.2, 0) is 4.79 Å². The van der Waals surface area contributed by atoms with Crippen LogP contribution in [0.5, 0.6) is 0 Å². The number of nitrogens with two attached hydrogens (primary N) is 1. The predicted octanol–water partition coefficient (Wildman–Crippen LogP) is 2.30. The molecule has 0 spiro atoms. The SMILES string of the molecule is CCNC(C)(CCSc1ccc(F)c(F)c1)C(N)=O. The predicted molar refractivity (Wildman–Crippen MR) is 73.0 cm³/mol. The van der Waals surface area contributed by atoms with Crippen LogP contribution in [0.3, 0.4) is 0 Å². The van der Waals surface area contributed by atoms with E-state index >= 15 is 0 Å². The first kappa shape index (κ1) is 15.9. The molecule has 1 aromatic carbocycles. The Morgan fingerprint density at radius 2 is 2.11 bits per heavy atom. The summed E-state index contributed by atoms with van der Waals surface area (Å²) in [7, 11) is 0. The summed E-state index contributed by atoms with van der Waals surface area (Å²) in [6.07, 6.45) is 0.514. The van der Waals surface area contributed by atoms with E-state index in [1.807, 2.05) is 6.92 Å². The smallest absolute Gasteiger partial charge is 0.237 e. The largest absolute Gasteiger partial charge is 0.368 e. The molecule has 6 heteroatoms. The van der Waals surface area contributed by atoms with E-state index in [4.69, 9.17) is 5.73 Å². The van der Waals surface area contributed by atoms with Crippen LogP contribution in [0.25, 0.3) is 0 Å². The van der Waals surface area contributed by atoms with Gasteiger partial charge in [0.15, 0.2) is 11.6 Å². The van der Waals surface area contributed by atoms with Gasteiger partial charge in [-0.25, -0.2) is 8.78 Å². The van der Waals surface area contributed by atoms with E-state index in [0.717, 1.165) is 12.1 Å². The minimum absolute atomic E-state index is 0.416. The summed E-state index contributed by atoms with van der Waals surface area (Å²) in [6, 6.07) is 3.75.